The van der Waals surface area contributed by atoms with Crippen LogP contribution in [-0.4, -0.2) is 63.1 Å². The number of ether oxygens (including phenoxy) is 1. The number of carbonyl (C=O) groups is 2. The number of aromatic nitrogens is 5. The van der Waals surface area contributed by atoms with Gasteiger partial charge in [0.15, 0.2) is 11.5 Å². The molecule has 27 heavy (non-hydrogen) atoms. The van der Waals surface area contributed by atoms with Gasteiger partial charge >= 0.3 is 0 Å². The molecule has 3 rings (SSSR count). The number of likely N-dealkylation sites (N-methyl/N-ethyl adjacent to an activating group) is 1. The van der Waals surface area contributed by atoms with Gasteiger partial charge in [-0.15, -0.1) is 5.10 Å². The Bertz CT molecular complexity index is 961. The first-order valence-electron chi connectivity index (χ1n) is 8.08. The number of rotatable bonds is 6. The van der Waals surface area contributed by atoms with Crippen LogP contribution in [0.5, 0.6) is 5.75 Å². The fourth-order valence-corrected chi connectivity index (χ4v) is 2.33. The number of nitrogens with zero attached hydrogens (tertiary/aromatic N) is 5. The van der Waals surface area contributed by atoms with Crippen molar-refractivity contribution >= 4 is 17.6 Å². The second-order valence-electron chi connectivity index (χ2n) is 5.91. The van der Waals surface area contributed by atoms with Crippen LogP contribution in [0.3, 0.4) is 0 Å². The number of nitrogens with one attached hydrogen (secondary N) is 2. The smallest absolute Gasteiger partial charge is 0.279 e. The zero-order chi connectivity index (χ0) is 19.4. The number of hydrogen-bond donors (Lipinski definition) is 2. The molecule has 0 fully saturated rings. The van der Waals surface area contributed by atoms with Crippen LogP contribution in [0.25, 0.3) is 11.3 Å². The normalized spacial score (nSPS) is 10.5. The Morgan fingerprint density at radius 3 is 2.81 bits per heavy atom. The van der Waals surface area contributed by atoms with Gasteiger partial charge in [-0.3, -0.25) is 14.7 Å². The minimum absolute atomic E-state index is 0.00757. The zero-order valence-corrected chi connectivity index (χ0v) is 15.1. The summed E-state index contributed by atoms with van der Waals surface area (Å²) in [6, 6.07) is 9.15. The molecule has 1 aromatic carbocycles. The summed E-state index contributed by atoms with van der Waals surface area (Å²) in [5, 5.41) is 17.2. The van der Waals surface area contributed by atoms with Gasteiger partial charge in [0.1, 0.15) is 12.3 Å². The molecule has 0 spiro atoms. The van der Waals surface area contributed by atoms with Gasteiger partial charge in [0.2, 0.25) is 5.91 Å². The fourth-order valence-electron chi connectivity index (χ4n) is 2.33. The maximum absolute atomic E-state index is 12.3. The summed E-state index contributed by atoms with van der Waals surface area (Å²) in [6.45, 7) is 0.00757. The first-order chi connectivity index (χ1) is 13.0. The van der Waals surface area contributed by atoms with Crippen LogP contribution in [0.2, 0.25) is 0 Å². The summed E-state index contributed by atoms with van der Waals surface area (Å²) in [4.78, 5) is 25.4. The van der Waals surface area contributed by atoms with E-state index in [4.69, 9.17) is 4.74 Å². The number of anilines is 1. The second-order valence-corrected chi connectivity index (χ2v) is 5.91. The largest absolute Gasteiger partial charge is 0.496 e. The Morgan fingerprint density at radius 2 is 2.07 bits per heavy atom. The van der Waals surface area contributed by atoms with E-state index in [-0.39, 0.29) is 18.1 Å². The molecule has 3 aromatic rings. The number of carbonyl (C=O) groups excluding carboxylic acids is 2. The maximum Gasteiger partial charge on any atom is 0.279 e. The summed E-state index contributed by atoms with van der Waals surface area (Å²) in [7, 11) is 4.87. The van der Waals surface area contributed by atoms with E-state index in [1.54, 1.807) is 27.3 Å². The lowest BCUT2D eigenvalue weighted by Gasteiger charge is -2.08. The van der Waals surface area contributed by atoms with Gasteiger partial charge < -0.3 is 15.0 Å². The molecular weight excluding hydrogens is 350 g/mol. The summed E-state index contributed by atoms with van der Waals surface area (Å²) in [5.74, 6) is 0.393. The fraction of sp³-hybridized carbons (Fsp3) is 0.235. The van der Waals surface area contributed by atoms with Gasteiger partial charge in [0, 0.05) is 25.7 Å². The highest BCUT2D eigenvalue weighted by Gasteiger charge is 2.15. The van der Waals surface area contributed by atoms with Gasteiger partial charge in [0.05, 0.1) is 19.0 Å². The Labute approximate surface area is 155 Å². The van der Waals surface area contributed by atoms with E-state index < -0.39 is 5.91 Å². The van der Waals surface area contributed by atoms with Crippen molar-refractivity contribution in [2.45, 2.75) is 6.54 Å². The minimum atomic E-state index is -0.475. The van der Waals surface area contributed by atoms with Crippen molar-refractivity contribution in [3.8, 4) is 17.0 Å². The third-order valence-corrected chi connectivity index (χ3v) is 3.78. The monoisotopic (exact) mass is 369 g/mol. The molecule has 10 nitrogen and oxygen atoms in total. The highest BCUT2D eigenvalue weighted by molar-refractivity contribution is 6.02. The van der Waals surface area contributed by atoms with E-state index in [0.29, 0.717) is 17.3 Å². The lowest BCUT2D eigenvalue weighted by molar-refractivity contribution is -0.129. The van der Waals surface area contributed by atoms with Crippen LogP contribution in [-0.2, 0) is 11.3 Å². The van der Waals surface area contributed by atoms with Gasteiger partial charge in [-0.05, 0) is 12.1 Å². The van der Waals surface area contributed by atoms with Gasteiger partial charge in [-0.25, -0.2) is 4.68 Å². The van der Waals surface area contributed by atoms with E-state index in [1.807, 2.05) is 24.3 Å². The molecule has 0 radical (unpaired) electrons. The lowest BCUT2D eigenvalue weighted by Crippen LogP contribution is -2.26. The highest BCUT2D eigenvalue weighted by Crippen LogP contribution is 2.29. The Kier molecular flexibility index (Phi) is 5.15. The Hall–Kier alpha value is -3.69. The van der Waals surface area contributed by atoms with E-state index in [0.717, 1.165) is 5.56 Å². The number of hydrogen-bond acceptors (Lipinski definition) is 6. The van der Waals surface area contributed by atoms with Crippen molar-refractivity contribution < 1.29 is 14.3 Å². The predicted molar refractivity (Wildman–Crippen MR) is 97.2 cm³/mol. The van der Waals surface area contributed by atoms with Crippen molar-refractivity contribution in [3.63, 3.8) is 0 Å². The van der Waals surface area contributed by atoms with Crippen molar-refractivity contribution in [3.05, 3.63) is 42.2 Å². The van der Waals surface area contributed by atoms with Gasteiger partial charge in [-0.1, -0.05) is 17.3 Å². The van der Waals surface area contributed by atoms with Crippen LogP contribution in [0, 0.1) is 0 Å². The van der Waals surface area contributed by atoms with E-state index in [9.17, 15) is 9.59 Å². The lowest BCUT2D eigenvalue weighted by atomic mass is 10.1. The molecule has 0 aliphatic carbocycles. The molecule has 2 N–H and O–H groups in total. The molecule has 0 atom stereocenters. The van der Waals surface area contributed by atoms with Gasteiger partial charge in [0.25, 0.3) is 5.91 Å². The minimum Gasteiger partial charge on any atom is -0.496 e. The molecule has 0 bridgehead atoms. The number of benzene rings is 1. The zero-order valence-electron chi connectivity index (χ0n) is 15.1. The van der Waals surface area contributed by atoms with Crippen molar-refractivity contribution in [2.75, 3.05) is 26.5 Å². The first kappa shape index (κ1) is 18.1. The average Bonchev–Trinajstić information content (AvgIpc) is 3.31. The molecule has 0 aliphatic rings. The molecule has 2 amide bonds. The molecule has 2 heterocycles. The number of H-pyrrole nitrogens is 1. The van der Waals surface area contributed by atoms with Crippen LogP contribution in [0.15, 0.2) is 36.5 Å². The average molecular weight is 369 g/mol. The second kappa shape index (κ2) is 7.68. The Balaban J connectivity index is 1.70. The van der Waals surface area contributed by atoms with Gasteiger partial charge in [-0.2, -0.15) is 5.10 Å². The van der Waals surface area contributed by atoms with Crippen LogP contribution < -0.4 is 10.1 Å². The quantitative estimate of drug-likeness (QED) is 0.670. The maximum atomic E-state index is 12.3. The summed E-state index contributed by atoms with van der Waals surface area (Å²) >= 11 is 0. The molecule has 10 heteroatoms. The number of amides is 2. The summed E-state index contributed by atoms with van der Waals surface area (Å²) < 4.78 is 6.63. The first-order valence-corrected chi connectivity index (χ1v) is 8.08. The van der Waals surface area contributed by atoms with Crippen molar-refractivity contribution in [2.24, 2.45) is 0 Å². The Morgan fingerprint density at radius 1 is 1.30 bits per heavy atom. The molecule has 140 valence electrons. The van der Waals surface area contributed by atoms with E-state index in [2.05, 4.69) is 25.8 Å². The summed E-state index contributed by atoms with van der Waals surface area (Å²) in [5.41, 5.74) is 1.60. The van der Waals surface area contributed by atoms with Crippen LogP contribution in [0.1, 0.15) is 10.5 Å². The molecule has 2 aromatic heterocycles. The molecule has 0 unspecified atom stereocenters. The molecule has 0 saturated carbocycles. The SMILES string of the molecule is COc1ccccc1-c1cc(NC(=O)c2cn(CC(=O)N(C)C)nn2)n[nH]1. The topological polar surface area (TPSA) is 118 Å². The number of methoxy groups -OCH3 is 1. The molecule has 0 aliphatic heterocycles. The third-order valence-electron chi connectivity index (χ3n) is 3.78. The van der Waals surface area contributed by atoms with Crippen LogP contribution >= 0.6 is 0 Å². The highest BCUT2D eigenvalue weighted by atomic mass is 16.5. The molecule has 0 saturated heterocycles. The third kappa shape index (κ3) is 4.11. The van der Waals surface area contributed by atoms with E-state index in [1.165, 1.54) is 15.8 Å². The van der Waals surface area contributed by atoms with Crippen molar-refractivity contribution in [1.82, 2.24) is 30.1 Å². The predicted octanol–water partition coefficient (Wildman–Crippen LogP) is 1.02. The number of aromatic amines is 1. The standard InChI is InChI=1S/C17H19N7O3/c1-23(2)16(25)10-24-9-13(20-22-24)17(26)18-15-8-12(19-21-15)11-6-4-5-7-14(11)27-3/h4-9H,10H2,1-3H3,(H2,18,19,21,26). The number of para-hydroxylation sites is 1. The van der Waals surface area contributed by atoms with Crippen molar-refractivity contribution in [1.29, 1.82) is 0 Å². The van der Waals surface area contributed by atoms with E-state index >= 15 is 0 Å². The molecular formula is C17H19N7O3. The van der Waals surface area contributed by atoms with Crippen LogP contribution in [0.4, 0.5) is 5.82 Å². The summed E-state index contributed by atoms with van der Waals surface area (Å²) in [6.07, 6.45) is 1.41.